The first-order chi connectivity index (χ1) is 9.06. The van der Waals surface area contributed by atoms with Crippen LogP contribution in [0.3, 0.4) is 0 Å². The number of amides is 1. The van der Waals surface area contributed by atoms with Crippen molar-refractivity contribution >= 4 is 5.91 Å². The van der Waals surface area contributed by atoms with Crippen LogP contribution in [-0.4, -0.2) is 42.6 Å². The van der Waals surface area contributed by atoms with E-state index in [2.05, 4.69) is 5.32 Å². The van der Waals surface area contributed by atoms with Crippen molar-refractivity contribution in [3.8, 4) is 5.75 Å². The number of carbonyl (C=O) groups is 1. The molecule has 1 amide bonds. The predicted molar refractivity (Wildman–Crippen MR) is 70.5 cm³/mol. The number of halogens is 1. The highest BCUT2D eigenvalue weighted by molar-refractivity contribution is 5.78. The lowest BCUT2D eigenvalue weighted by molar-refractivity contribution is -0.135. The molecule has 104 valence electrons. The maximum absolute atomic E-state index is 13.3. The van der Waals surface area contributed by atoms with Crippen LogP contribution >= 0.6 is 0 Å². The molecule has 1 N–H and O–H groups in total. The number of nitrogens with one attached hydrogen (secondary N) is 1. The molecule has 0 aliphatic carbocycles. The Balaban J connectivity index is 1.89. The SMILES string of the molecule is C[C@H]1CN(C(=O)COc2ccccc2F)C[C@H](C)N1. The zero-order chi connectivity index (χ0) is 13.8. The molecular formula is C14H19FN2O2. The van der Waals surface area contributed by atoms with Crippen molar-refractivity contribution in [2.45, 2.75) is 25.9 Å². The Kier molecular flexibility index (Phi) is 4.37. The van der Waals surface area contributed by atoms with Crippen LogP contribution in [0.25, 0.3) is 0 Å². The number of benzene rings is 1. The van der Waals surface area contributed by atoms with E-state index < -0.39 is 5.82 Å². The van der Waals surface area contributed by atoms with Gasteiger partial charge >= 0.3 is 0 Å². The topological polar surface area (TPSA) is 41.6 Å². The molecule has 4 nitrogen and oxygen atoms in total. The Morgan fingerprint density at radius 2 is 2.00 bits per heavy atom. The van der Waals surface area contributed by atoms with Gasteiger partial charge in [-0.15, -0.1) is 0 Å². The summed E-state index contributed by atoms with van der Waals surface area (Å²) >= 11 is 0. The molecule has 1 aromatic rings. The van der Waals surface area contributed by atoms with E-state index in [9.17, 15) is 9.18 Å². The van der Waals surface area contributed by atoms with Crippen LogP contribution in [0.5, 0.6) is 5.75 Å². The van der Waals surface area contributed by atoms with Gasteiger partial charge < -0.3 is 15.0 Å². The standard InChI is InChI=1S/C14H19FN2O2/c1-10-7-17(8-11(2)16-10)14(18)9-19-13-6-4-3-5-12(13)15/h3-6,10-11,16H,7-9H2,1-2H3/t10-,11-/m0/s1. The molecule has 0 radical (unpaired) electrons. The molecule has 0 unspecified atom stereocenters. The summed E-state index contributed by atoms with van der Waals surface area (Å²) in [6.45, 7) is 5.26. The number of piperazine rings is 1. The van der Waals surface area contributed by atoms with Crippen LogP contribution in [0.4, 0.5) is 4.39 Å². The summed E-state index contributed by atoms with van der Waals surface area (Å²) in [5.74, 6) is -0.437. The van der Waals surface area contributed by atoms with Crippen molar-refractivity contribution in [1.29, 1.82) is 0 Å². The maximum Gasteiger partial charge on any atom is 0.260 e. The van der Waals surface area contributed by atoms with Crippen LogP contribution in [0.1, 0.15) is 13.8 Å². The lowest BCUT2D eigenvalue weighted by Crippen LogP contribution is -2.56. The molecule has 0 saturated carbocycles. The normalized spacial score (nSPS) is 23.2. The average molecular weight is 266 g/mol. The Bertz CT molecular complexity index is 443. The molecule has 0 aromatic heterocycles. The van der Waals surface area contributed by atoms with Gasteiger partial charge in [-0.2, -0.15) is 0 Å². The van der Waals surface area contributed by atoms with Crippen molar-refractivity contribution < 1.29 is 13.9 Å². The molecule has 1 aliphatic heterocycles. The lowest BCUT2D eigenvalue weighted by atomic mass is 10.1. The Labute approximate surface area is 112 Å². The van der Waals surface area contributed by atoms with E-state index in [1.54, 1.807) is 17.0 Å². The Hall–Kier alpha value is -1.62. The number of hydrogen-bond acceptors (Lipinski definition) is 3. The van der Waals surface area contributed by atoms with Crippen molar-refractivity contribution in [2.24, 2.45) is 0 Å². The van der Waals surface area contributed by atoms with Crippen LogP contribution in [0.2, 0.25) is 0 Å². The minimum atomic E-state index is -0.447. The molecular weight excluding hydrogens is 247 g/mol. The van der Waals surface area contributed by atoms with E-state index in [-0.39, 0.29) is 30.3 Å². The fraction of sp³-hybridized carbons (Fsp3) is 0.500. The van der Waals surface area contributed by atoms with Crippen molar-refractivity contribution in [1.82, 2.24) is 10.2 Å². The van der Waals surface area contributed by atoms with E-state index in [0.717, 1.165) is 0 Å². The molecule has 2 atom stereocenters. The number of hydrogen-bond donors (Lipinski definition) is 1. The summed E-state index contributed by atoms with van der Waals surface area (Å²) in [6.07, 6.45) is 0. The number of ether oxygens (including phenoxy) is 1. The molecule has 1 heterocycles. The zero-order valence-corrected chi connectivity index (χ0v) is 11.2. The van der Waals surface area contributed by atoms with Crippen LogP contribution in [0, 0.1) is 5.82 Å². The van der Waals surface area contributed by atoms with E-state index in [1.807, 2.05) is 13.8 Å². The highest BCUT2D eigenvalue weighted by Crippen LogP contribution is 2.15. The summed E-state index contributed by atoms with van der Waals surface area (Å²) < 4.78 is 18.6. The highest BCUT2D eigenvalue weighted by Gasteiger charge is 2.24. The summed E-state index contributed by atoms with van der Waals surface area (Å²) in [4.78, 5) is 13.8. The minimum Gasteiger partial charge on any atom is -0.481 e. The van der Waals surface area contributed by atoms with Gasteiger partial charge in [0.1, 0.15) is 0 Å². The van der Waals surface area contributed by atoms with Gasteiger partial charge in [-0.25, -0.2) is 4.39 Å². The molecule has 1 fully saturated rings. The molecule has 0 bridgehead atoms. The van der Waals surface area contributed by atoms with Crippen LogP contribution in [-0.2, 0) is 4.79 Å². The molecule has 1 saturated heterocycles. The van der Waals surface area contributed by atoms with Gasteiger partial charge in [0.2, 0.25) is 0 Å². The van der Waals surface area contributed by atoms with Gasteiger partial charge in [0, 0.05) is 25.2 Å². The highest BCUT2D eigenvalue weighted by atomic mass is 19.1. The van der Waals surface area contributed by atoms with Crippen molar-refractivity contribution in [3.05, 3.63) is 30.1 Å². The minimum absolute atomic E-state index is 0.108. The largest absolute Gasteiger partial charge is 0.481 e. The zero-order valence-electron chi connectivity index (χ0n) is 11.2. The quantitative estimate of drug-likeness (QED) is 0.899. The first-order valence-corrected chi connectivity index (χ1v) is 6.47. The van der Waals surface area contributed by atoms with Gasteiger partial charge in [-0.3, -0.25) is 4.79 Å². The van der Waals surface area contributed by atoms with Gasteiger partial charge in [0.15, 0.2) is 18.2 Å². The summed E-state index contributed by atoms with van der Waals surface area (Å²) in [5, 5.41) is 3.35. The monoisotopic (exact) mass is 266 g/mol. The fourth-order valence-corrected chi connectivity index (χ4v) is 2.32. The molecule has 1 aliphatic rings. The van der Waals surface area contributed by atoms with E-state index >= 15 is 0 Å². The molecule has 0 spiro atoms. The Morgan fingerprint density at radius 3 is 2.63 bits per heavy atom. The summed E-state index contributed by atoms with van der Waals surface area (Å²) in [5.41, 5.74) is 0. The second kappa shape index (κ2) is 6.02. The first kappa shape index (κ1) is 13.8. The van der Waals surface area contributed by atoms with Gasteiger partial charge in [0.25, 0.3) is 5.91 Å². The molecule has 2 rings (SSSR count). The smallest absolute Gasteiger partial charge is 0.260 e. The van der Waals surface area contributed by atoms with Crippen molar-refractivity contribution in [2.75, 3.05) is 19.7 Å². The number of para-hydroxylation sites is 1. The van der Waals surface area contributed by atoms with Gasteiger partial charge in [0.05, 0.1) is 0 Å². The summed E-state index contributed by atoms with van der Waals surface area (Å²) in [6, 6.07) is 6.63. The second-order valence-corrected chi connectivity index (χ2v) is 4.99. The summed E-state index contributed by atoms with van der Waals surface area (Å²) in [7, 11) is 0. The van der Waals surface area contributed by atoms with Gasteiger partial charge in [-0.1, -0.05) is 12.1 Å². The van der Waals surface area contributed by atoms with Crippen LogP contribution in [0.15, 0.2) is 24.3 Å². The third-order valence-electron chi connectivity index (χ3n) is 3.10. The van der Waals surface area contributed by atoms with E-state index in [1.165, 1.54) is 12.1 Å². The fourth-order valence-electron chi connectivity index (χ4n) is 2.32. The first-order valence-electron chi connectivity index (χ1n) is 6.47. The number of nitrogens with zero attached hydrogens (tertiary/aromatic N) is 1. The van der Waals surface area contributed by atoms with E-state index in [0.29, 0.717) is 13.1 Å². The molecule has 19 heavy (non-hydrogen) atoms. The number of carbonyl (C=O) groups excluding carboxylic acids is 1. The lowest BCUT2D eigenvalue weighted by Gasteiger charge is -2.36. The van der Waals surface area contributed by atoms with Crippen molar-refractivity contribution in [3.63, 3.8) is 0 Å². The average Bonchev–Trinajstić information content (AvgIpc) is 2.36. The second-order valence-electron chi connectivity index (χ2n) is 4.99. The van der Waals surface area contributed by atoms with Crippen LogP contribution < -0.4 is 10.1 Å². The Morgan fingerprint density at radius 1 is 1.37 bits per heavy atom. The molecule has 1 aromatic carbocycles. The molecule has 5 heteroatoms. The number of rotatable bonds is 3. The third kappa shape index (κ3) is 3.67. The predicted octanol–water partition coefficient (Wildman–Crippen LogP) is 1.41. The maximum atomic E-state index is 13.3. The van der Waals surface area contributed by atoms with Gasteiger partial charge in [-0.05, 0) is 26.0 Å². The third-order valence-corrected chi connectivity index (χ3v) is 3.10. The van der Waals surface area contributed by atoms with E-state index in [4.69, 9.17) is 4.74 Å².